The largest absolute Gasteiger partial charge is 0.497 e. The third-order valence-corrected chi connectivity index (χ3v) is 6.84. The molecule has 1 amide bonds. The fourth-order valence-corrected chi connectivity index (χ4v) is 5.05. The normalized spacial score (nSPS) is 16.8. The maximum atomic E-state index is 13.0. The molecule has 30 heavy (non-hydrogen) atoms. The highest BCUT2D eigenvalue weighted by atomic mass is 32.2. The van der Waals surface area contributed by atoms with Crippen LogP contribution in [0.4, 0.5) is 5.69 Å². The number of benzene rings is 2. The summed E-state index contributed by atoms with van der Waals surface area (Å²) < 4.78 is 39.2. The SMILES string of the molecule is COc1ccc(OC)c(NC(=O)CN2CCCN(Cc3cccc(C)c3)S2(=O)=O)c1. The monoisotopic (exact) mass is 433 g/mol. The Morgan fingerprint density at radius 3 is 2.53 bits per heavy atom. The second kappa shape index (κ2) is 9.46. The predicted molar refractivity (Wildman–Crippen MR) is 115 cm³/mol. The van der Waals surface area contributed by atoms with E-state index in [1.54, 1.807) is 18.2 Å². The van der Waals surface area contributed by atoms with E-state index in [0.29, 0.717) is 36.7 Å². The molecular weight excluding hydrogens is 406 g/mol. The zero-order valence-corrected chi connectivity index (χ0v) is 18.2. The van der Waals surface area contributed by atoms with E-state index >= 15 is 0 Å². The number of carbonyl (C=O) groups is 1. The number of hydrogen-bond donors (Lipinski definition) is 1. The Balaban J connectivity index is 1.70. The molecule has 0 aliphatic carbocycles. The van der Waals surface area contributed by atoms with Gasteiger partial charge in [0.05, 0.1) is 26.5 Å². The van der Waals surface area contributed by atoms with E-state index in [1.807, 2.05) is 31.2 Å². The van der Waals surface area contributed by atoms with Crippen molar-refractivity contribution in [2.45, 2.75) is 19.9 Å². The van der Waals surface area contributed by atoms with Crippen molar-refractivity contribution in [2.75, 3.05) is 39.2 Å². The highest BCUT2D eigenvalue weighted by molar-refractivity contribution is 7.86. The molecule has 2 aromatic carbocycles. The van der Waals surface area contributed by atoms with Crippen molar-refractivity contribution in [2.24, 2.45) is 0 Å². The minimum absolute atomic E-state index is 0.271. The number of ether oxygens (including phenoxy) is 2. The summed E-state index contributed by atoms with van der Waals surface area (Å²) in [5.74, 6) is 0.579. The minimum atomic E-state index is -3.74. The lowest BCUT2D eigenvalue weighted by Gasteiger charge is -2.34. The molecule has 8 nitrogen and oxygen atoms in total. The molecular formula is C21H27N3O5S. The zero-order valence-electron chi connectivity index (χ0n) is 17.4. The van der Waals surface area contributed by atoms with Crippen LogP contribution < -0.4 is 14.8 Å². The van der Waals surface area contributed by atoms with E-state index in [-0.39, 0.29) is 13.1 Å². The molecule has 162 valence electrons. The molecule has 0 spiro atoms. The number of nitrogens with one attached hydrogen (secondary N) is 1. The Labute approximate surface area is 177 Å². The van der Waals surface area contributed by atoms with Crippen LogP contribution in [0.1, 0.15) is 17.5 Å². The molecule has 0 aromatic heterocycles. The standard InChI is InChI=1S/C21H27N3O5S/c1-16-6-4-7-17(12-16)14-23-10-5-11-24(30(23,26)27)15-21(25)22-19-13-18(28-2)8-9-20(19)29-3/h4,6-9,12-13H,5,10-11,14-15H2,1-3H3,(H,22,25). The first kappa shape index (κ1) is 22.1. The Morgan fingerprint density at radius 2 is 1.83 bits per heavy atom. The number of nitrogens with zero attached hydrogens (tertiary/aromatic N) is 2. The van der Waals surface area contributed by atoms with E-state index in [4.69, 9.17) is 9.47 Å². The summed E-state index contributed by atoms with van der Waals surface area (Å²) in [6.07, 6.45) is 0.654. The van der Waals surface area contributed by atoms with Crippen LogP contribution in [-0.4, -0.2) is 56.8 Å². The van der Waals surface area contributed by atoms with Crippen molar-refractivity contribution in [1.82, 2.24) is 8.61 Å². The van der Waals surface area contributed by atoms with Crippen molar-refractivity contribution in [3.8, 4) is 11.5 Å². The van der Waals surface area contributed by atoms with Gasteiger partial charge in [0.15, 0.2) is 0 Å². The Hall–Kier alpha value is -2.62. The Kier molecular flexibility index (Phi) is 6.96. The number of aryl methyl sites for hydroxylation is 1. The number of hydrogen-bond acceptors (Lipinski definition) is 5. The van der Waals surface area contributed by atoms with Gasteiger partial charge in [-0.1, -0.05) is 29.8 Å². The molecule has 1 aliphatic rings. The van der Waals surface area contributed by atoms with Gasteiger partial charge in [-0.15, -0.1) is 0 Å². The first-order valence-electron chi connectivity index (χ1n) is 9.66. The summed E-state index contributed by atoms with van der Waals surface area (Å²) >= 11 is 0. The van der Waals surface area contributed by atoms with Crippen LogP contribution in [0, 0.1) is 6.92 Å². The first-order chi connectivity index (χ1) is 14.3. The van der Waals surface area contributed by atoms with E-state index in [0.717, 1.165) is 11.1 Å². The summed E-state index contributed by atoms with van der Waals surface area (Å²) in [6, 6.07) is 12.8. The maximum Gasteiger partial charge on any atom is 0.282 e. The quantitative estimate of drug-likeness (QED) is 0.724. The van der Waals surface area contributed by atoms with Gasteiger partial charge < -0.3 is 14.8 Å². The lowest BCUT2D eigenvalue weighted by molar-refractivity contribution is -0.116. The Morgan fingerprint density at radius 1 is 1.07 bits per heavy atom. The average Bonchev–Trinajstić information content (AvgIpc) is 2.71. The van der Waals surface area contributed by atoms with Crippen LogP contribution in [0.5, 0.6) is 11.5 Å². The van der Waals surface area contributed by atoms with E-state index < -0.39 is 16.1 Å². The van der Waals surface area contributed by atoms with Crippen molar-refractivity contribution < 1.29 is 22.7 Å². The highest BCUT2D eigenvalue weighted by Crippen LogP contribution is 2.29. The third-order valence-electron chi connectivity index (χ3n) is 4.91. The van der Waals surface area contributed by atoms with Crippen molar-refractivity contribution in [1.29, 1.82) is 0 Å². The average molecular weight is 434 g/mol. The number of methoxy groups -OCH3 is 2. The maximum absolute atomic E-state index is 13.0. The molecule has 3 rings (SSSR count). The van der Waals surface area contributed by atoms with Crippen LogP contribution in [0.25, 0.3) is 0 Å². The molecule has 0 unspecified atom stereocenters. The predicted octanol–water partition coefficient (Wildman–Crippen LogP) is 2.40. The van der Waals surface area contributed by atoms with Crippen molar-refractivity contribution in [3.63, 3.8) is 0 Å². The van der Waals surface area contributed by atoms with Gasteiger partial charge in [0, 0.05) is 25.7 Å². The topological polar surface area (TPSA) is 88.2 Å². The number of carbonyl (C=O) groups excluding carboxylic acids is 1. The van der Waals surface area contributed by atoms with Gasteiger partial charge in [0.1, 0.15) is 11.5 Å². The van der Waals surface area contributed by atoms with E-state index in [9.17, 15) is 13.2 Å². The van der Waals surface area contributed by atoms with Crippen molar-refractivity contribution >= 4 is 21.8 Å². The summed E-state index contributed by atoms with van der Waals surface area (Å²) in [4.78, 5) is 12.6. The molecule has 0 bridgehead atoms. The lowest BCUT2D eigenvalue weighted by Crippen LogP contribution is -2.51. The molecule has 0 atom stereocenters. The molecule has 2 aromatic rings. The van der Waals surface area contributed by atoms with Gasteiger partial charge in [-0.25, -0.2) is 0 Å². The fourth-order valence-electron chi connectivity index (χ4n) is 3.41. The Bertz CT molecular complexity index is 1010. The highest BCUT2D eigenvalue weighted by Gasteiger charge is 2.34. The van der Waals surface area contributed by atoms with Crippen molar-refractivity contribution in [3.05, 3.63) is 53.6 Å². The molecule has 1 aliphatic heterocycles. The number of rotatable bonds is 7. The van der Waals surface area contributed by atoms with Gasteiger partial charge in [-0.3, -0.25) is 4.79 Å². The van der Waals surface area contributed by atoms with Crippen LogP contribution in [-0.2, 0) is 21.5 Å². The number of anilines is 1. The summed E-state index contributed by atoms with van der Waals surface area (Å²) in [7, 11) is -0.721. The van der Waals surface area contributed by atoms with Gasteiger partial charge >= 0.3 is 0 Å². The summed E-state index contributed by atoms with van der Waals surface area (Å²) in [6.45, 7) is 2.71. The van der Waals surface area contributed by atoms with Crippen LogP contribution in [0.2, 0.25) is 0 Å². The van der Waals surface area contributed by atoms with Crippen LogP contribution in [0.15, 0.2) is 42.5 Å². The second-order valence-electron chi connectivity index (χ2n) is 7.13. The zero-order chi connectivity index (χ0) is 21.7. The minimum Gasteiger partial charge on any atom is -0.497 e. The number of amides is 1. The van der Waals surface area contributed by atoms with E-state index in [2.05, 4.69) is 5.32 Å². The fraction of sp³-hybridized carbons (Fsp3) is 0.381. The molecule has 1 heterocycles. The third kappa shape index (κ3) is 5.10. The van der Waals surface area contributed by atoms with Gasteiger partial charge in [0.2, 0.25) is 5.91 Å². The molecule has 1 fully saturated rings. The molecule has 1 N–H and O–H groups in total. The summed E-state index contributed by atoms with van der Waals surface area (Å²) in [5.41, 5.74) is 2.42. The molecule has 9 heteroatoms. The van der Waals surface area contributed by atoms with Gasteiger partial charge in [-0.2, -0.15) is 17.0 Å². The first-order valence-corrected chi connectivity index (χ1v) is 11.1. The van der Waals surface area contributed by atoms with Gasteiger partial charge in [-0.05, 0) is 31.0 Å². The van der Waals surface area contributed by atoms with Gasteiger partial charge in [0.25, 0.3) is 10.2 Å². The van der Waals surface area contributed by atoms with Crippen LogP contribution in [0.3, 0.4) is 0 Å². The molecule has 0 saturated carbocycles. The smallest absolute Gasteiger partial charge is 0.282 e. The molecule has 1 saturated heterocycles. The summed E-state index contributed by atoms with van der Waals surface area (Å²) in [5, 5.41) is 2.72. The lowest BCUT2D eigenvalue weighted by atomic mass is 10.1. The second-order valence-corrected chi connectivity index (χ2v) is 9.06. The van der Waals surface area contributed by atoms with Crippen LogP contribution >= 0.6 is 0 Å². The van der Waals surface area contributed by atoms with E-state index in [1.165, 1.54) is 22.8 Å². The molecule has 0 radical (unpaired) electrons.